The van der Waals surface area contributed by atoms with Crippen molar-refractivity contribution in [1.29, 1.82) is 0 Å². The Kier molecular flexibility index (Phi) is 2.63. The van der Waals surface area contributed by atoms with E-state index in [1.54, 1.807) is 0 Å². The van der Waals surface area contributed by atoms with E-state index in [4.69, 9.17) is 12.2 Å². The molecule has 17 heavy (non-hydrogen) atoms. The van der Waals surface area contributed by atoms with Gasteiger partial charge in [-0.25, -0.2) is 4.39 Å². The first-order valence-electron chi connectivity index (χ1n) is 5.28. The van der Waals surface area contributed by atoms with Gasteiger partial charge in [-0.05, 0) is 43.3 Å². The molecule has 1 aliphatic rings. The zero-order chi connectivity index (χ0) is 12.0. The SMILES string of the molecule is Fc1cc(Br)cc(-c2n[nH]c(=S)n2C2CC2)c1. The molecular weight excluding hydrogens is 305 g/mol. The zero-order valence-electron chi connectivity index (χ0n) is 8.78. The molecule has 6 heteroatoms. The van der Waals surface area contributed by atoms with Crippen LogP contribution in [0.25, 0.3) is 11.4 Å². The molecule has 0 saturated heterocycles. The molecule has 0 spiro atoms. The number of benzene rings is 1. The van der Waals surface area contributed by atoms with Crippen LogP contribution in [0.5, 0.6) is 0 Å². The predicted octanol–water partition coefficient (Wildman–Crippen LogP) is 3.84. The molecule has 1 N–H and O–H groups in total. The average Bonchev–Trinajstić information content (AvgIpc) is 3.01. The summed E-state index contributed by atoms with van der Waals surface area (Å²) in [6, 6.07) is 5.14. The maximum absolute atomic E-state index is 13.4. The Hall–Kier alpha value is -1.01. The van der Waals surface area contributed by atoms with E-state index in [2.05, 4.69) is 26.1 Å². The molecule has 1 aliphatic carbocycles. The van der Waals surface area contributed by atoms with Gasteiger partial charge in [-0.1, -0.05) is 15.9 Å². The quantitative estimate of drug-likeness (QED) is 0.854. The molecule has 2 aromatic rings. The van der Waals surface area contributed by atoms with Gasteiger partial charge >= 0.3 is 0 Å². The summed E-state index contributed by atoms with van der Waals surface area (Å²) in [6.07, 6.45) is 2.22. The van der Waals surface area contributed by atoms with Gasteiger partial charge in [0.2, 0.25) is 0 Å². The number of H-pyrrole nitrogens is 1. The molecule has 1 aromatic carbocycles. The van der Waals surface area contributed by atoms with Crippen molar-refractivity contribution in [3.05, 3.63) is 33.3 Å². The standard InChI is InChI=1S/C11H9BrFN3S/c12-7-3-6(4-8(13)5-7)10-14-15-11(17)16(10)9-1-2-9/h3-5,9H,1-2H2,(H,15,17). The smallest absolute Gasteiger partial charge is 0.195 e. The van der Waals surface area contributed by atoms with Gasteiger partial charge in [0.15, 0.2) is 10.6 Å². The third-order valence-corrected chi connectivity index (χ3v) is 3.48. The van der Waals surface area contributed by atoms with Crippen molar-refractivity contribution in [2.45, 2.75) is 18.9 Å². The maximum Gasteiger partial charge on any atom is 0.195 e. The van der Waals surface area contributed by atoms with Crippen LogP contribution in [0.2, 0.25) is 0 Å². The van der Waals surface area contributed by atoms with E-state index in [1.165, 1.54) is 12.1 Å². The van der Waals surface area contributed by atoms with E-state index >= 15 is 0 Å². The first-order valence-corrected chi connectivity index (χ1v) is 6.48. The molecule has 0 amide bonds. The highest BCUT2D eigenvalue weighted by Gasteiger charge is 2.27. The second-order valence-electron chi connectivity index (χ2n) is 4.11. The lowest BCUT2D eigenvalue weighted by Crippen LogP contribution is -1.97. The van der Waals surface area contributed by atoms with E-state index in [9.17, 15) is 4.39 Å². The molecule has 1 saturated carbocycles. The van der Waals surface area contributed by atoms with Crippen LogP contribution in [0.3, 0.4) is 0 Å². The summed E-state index contributed by atoms with van der Waals surface area (Å²) in [5.74, 6) is 0.420. The van der Waals surface area contributed by atoms with Crippen molar-refractivity contribution < 1.29 is 4.39 Å². The van der Waals surface area contributed by atoms with Crippen LogP contribution in [0.1, 0.15) is 18.9 Å². The first-order chi connectivity index (χ1) is 8.15. The van der Waals surface area contributed by atoms with Gasteiger partial charge in [-0.2, -0.15) is 5.10 Å². The van der Waals surface area contributed by atoms with E-state index in [1.807, 2.05) is 10.6 Å². The molecule has 1 fully saturated rings. The van der Waals surface area contributed by atoms with Gasteiger partial charge in [-0.15, -0.1) is 0 Å². The summed E-state index contributed by atoms with van der Waals surface area (Å²) in [5, 5.41) is 6.96. The average molecular weight is 314 g/mol. The van der Waals surface area contributed by atoms with Crippen molar-refractivity contribution in [3.8, 4) is 11.4 Å². The third-order valence-electron chi connectivity index (χ3n) is 2.74. The zero-order valence-corrected chi connectivity index (χ0v) is 11.2. The number of hydrogen-bond acceptors (Lipinski definition) is 2. The summed E-state index contributed by atoms with van der Waals surface area (Å²) in [7, 11) is 0. The van der Waals surface area contributed by atoms with Gasteiger partial charge in [0.1, 0.15) is 5.82 Å². The minimum absolute atomic E-state index is 0.286. The van der Waals surface area contributed by atoms with Crippen LogP contribution in [0.15, 0.2) is 22.7 Å². The van der Waals surface area contributed by atoms with Crippen LogP contribution in [-0.2, 0) is 0 Å². The topological polar surface area (TPSA) is 33.6 Å². The molecular formula is C11H9BrFN3S. The van der Waals surface area contributed by atoms with Crippen molar-refractivity contribution in [3.63, 3.8) is 0 Å². The number of nitrogens with one attached hydrogen (secondary N) is 1. The number of aromatic nitrogens is 3. The van der Waals surface area contributed by atoms with Gasteiger partial charge in [0.25, 0.3) is 0 Å². The molecule has 0 atom stereocenters. The van der Waals surface area contributed by atoms with E-state index < -0.39 is 0 Å². The molecule has 0 bridgehead atoms. The van der Waals surface area contributed by atoms with Crippen molar-refractivity contribution in [1.82, 2.24) is 14.8 Å². The van der Waals surface area contributed by atoms with E-state index in [0.29, 0.717) is 21.1 Å². The lowest BCUT2D eigenvalue weighted by atomic mass is 10.2. The molecule has 0 radical (unpaired) electrons. The minimum Gasteiger partial charge on any atom is -0.297 e. The van der Waals surface area contributed by atoms with Crippen LogP contribution in [0.4, 0.5) is 4.39 Å². The Morgan fingerprint density at radius 2 is 2.18 bits per heavy atom. The van der Waals surface area contributed by atoms with Crippen LogP contribution >= 0.6 is 28.1 Å². The Balaban J connectivity index is 2.17. The minimum atomic E-state index is -0.286. The Morgan fingerprint density at radius 1 is 1.41 bits per heavy atom. The molecule has 1 aromatic heterocycles. The van der Waals surface area contributed by atoms with E-state index in [-0.39, 0.29) is 5.82 Å². The largest absolute Gasteiger partial charge is 0.297 e. The lowest BCUT2D eigenvalue weighted by Gasteiger charge is -2.05. The Morgan fingerprint density at radius 3 is 2.82 bits per heavy atom. The van der Waals surface area contributed by atoms with Crippen molar-refractivity contribution in [2.24, 2.45) is 0 Å². The van der Waals surface area contributed by atoms with Crippen molar-refractivity contribution >= 4 is 28.1 Å². The van der Waals surface area contributed by atoms with Crippen LogP contribution < -0.4 is 0 Å². The Labute approximate surface area is 111 Å². The second kappa shape index (κ2) is 4.03. The molecule has 3 nitrogen and oxygen atoms in total. The molecule has 3 rings (SSSR count). The van der Waals surface area contributed by atoms with E-state index in [0.717, 1.165) is 18.4 Å². The normalized spacial score (nSPS) is 15.2. The predicted molar refractivity (Wildman–Crippen MR) is 68.8 cm³/mol. The number of hydrogen-bond donors (Lipinski definition) is 1. The van der Waals surface area contributed by atoms with Gasteiger partial charge in [0, 0.05) is 16.1 Å². The highest BCUT2D eigenvalue weighted by molar-refractivity contribution is 9.10. The Bertz CT molecular complexity index is 610. The summed E-state index contributed by atoms with van der Waals surface area (Å²) in [4.78, 5) is 0. The third kappa shape index (κ3) is 2.07. The summed E-state index contributed by atoms with van der Waals surface area (Å²) in [5.41, 5.74) is 0.733. The monoisotopic (exact) mass is 313 g/mol. The fourth-order valence-corrected chi connectivity index (χ4v) is 2.61. The highest BCUT2D eigenvalue weighted by Crippen LogP contribution is 2.38. The number of halogens is 2. The molecule has 0 unspecified atom stereocenters. The van der Waals surface area contributed by atoms with Gasteiger partial charge < -0.3 is 0 Å². The molecule has 1 heterocycles. The summed E-state index contributed by atoms with van der Waals surface area (Å²) in [6.45, 7) is 0. The van der Waals surface area contributed by atoms with Crippen LogP contribution in [-0.4, -0.2) is 14.8 Å². The maximum atomic E-state index is 13.4. The summed E-state index contributed by atoms with van der Waals surface area (Å²) >= 11 is 8.48. The fraction of sp³-hybridized carbons (Fsp3) is 0.273. The summed E-state index contributed by atoms with van der Waals surface area (Å²) < 4.78 is 16.6. The number of rotatable bonds is 2. The lowest BCUT2D eigenvalue weighted by molar-refractivity contribution is 0.627. The van der Waals surface area contributed by atoms with Crippen LogP contribution in [0, 0.1) is 10.6 Å². The van der Waals surface area contributed by atoms with Crippen molar-refractivity contribution in [2.75, 3.05) is 0 Å². The van der Waals surface area contributed by atoms with Gasteiger partial charge in [0.05, 0.1) is 0 Å². The van der Waals surface area contributed by atoms with Gasteiger partial charge in [-0.3, -0.25) is 9.67 Å². The number of aromatic amines is 1. The fourth-order valence-electron chi connectivity index (χ4n) is 1.86. The highest BCUT2D eigenvalue weighted by atomic mass is 79.9. The first kappa shape index (κ1) is 11.1. The molecule has 0 aliphatic heterocycles. The number of nitrogens with zero attached hydrogens (tertiary/aromatic N) is 2. The second-order valence-corrected chi connectivity index (χ2v) is 5.41. The molecule has 88 valence electrons.